The number of halogens is 2. The van der Waals surface area contributed by atoms with Gasteiger partial charge in [0, 0.05) is 26.2 Å². The molecule has 6 heteroatoms. The van der Waals surface area contributed by atoms with Crippen molar-refractivity contribution in [3.63, 3.8) is 0 Å². The Balaban J connectivity index is 2.58. The van der Waals surface area contributed by atoms with Crippen molar-refractivity contribution in [3.8, 4) is 0 Å². The van der Waals surface area contributed by atoms with Crippen LogP contribution in [0.2, 0.25) is 0 Å². The van der Waals surface area contributed by atoms with Gasteiger partial charge in [0.15, 0.2) is 5.82 Å². The minimum Gasteiger partial charge on any atom is -0.373 e. The fraction of sp³-hybridized carbons (Fsp3) is 0.417. The third-order valence-electron chi connectivity index (χ3n) is 3.04. The smallest absolute Gasteiger partial charge is 0.240 e. The third kappa shape index (κ3) is 2.15. The number of carbonyl (C=O) groups is 1. The number of benzene rings is 1. The molecule has 0 saturated heterocycles. The lowest BCUT2D eigenvalue weighted by atomic mass is 10.2. The van der Waals surface area contributed by atoms with E-state index in [4.69, 9.17) is 5.73 Å². The number of hydrogen-bond acceptors (Lipinski definition) is 3. The third-order valence-corrected chi connectivity index (χ3v) is 3.04. The maximum atomic E-state index is 13.9. The molecule has 1 aromatic rings. The number of amides is 1. The summed E-state index contributed by atoms with van der Waals surface area (Å²) in [6.45, 7) is 0.820. The minimum absolute atomic E-state index is 0.117. The molecule has 98 valence electrons. The van der Waals surface area contributed by atoms with E-state index in [1.54, 1.807) is 11.9 Å². The van der Waals surface area contributed by atoms with E-state index >= 15 is 0 Å². The van der Waals surface area contributed by atoms with Crippen molar-refractivity contribution in [3.05, 3.63) is 23.8 Å². The molecular formula is C12H15F2N3O. The summed E-state index contributed by atoms with van der Waals surface area (Å²) in [5, 5.41) is 0. The molecule has 0 unspecified atom stereocenters. The summed E-state index contributed by atoms with van der Waals surface area (Å²) in [5.41, 5.74) is 5.82. The second-order valence-corrected chi connectivity index (χ2v) is 4.28. The average molecular weight is 255 g/mol. The van der Waals surface area contributed by atoms with Gasteiger partial charge in [0.25, 0.3) is 0 Å². The average Bonchev–Trinajstić information content (AvgIpc) is 2.49. The van der Waals surface area contributed by atoms with Gasteiger partial charge >= 0.3 is 0 Å². The van der Waals surface area contributed by atoms with E-state index in [-0.39, 0.29) is 18.1 Å². The Labute approximate surface area is 104 Å². The fourth-order valence-electron chi connectivity index (χ4n) is 2.17. The molecular weight excluding hydrogens is 240 g/mol. The van der Waals surface area contributed by atoms with Gasteiger partial charge in [0.2, 0.25) is 5.91 Å². The molecule has 1 amide bonds. The van der Waals surface area contributed by atoms with E-state index in [0.717, 1.165) is 6.07 Å². The summed E-state index contributed by atoms with van der Waals surface area (Å²) in [6.07, 6.45) is 0.679. The highest BCUT2D eigenvalue weighted by atomic mass is 19.1. The quantitative estimate of drug-likeness (QED) is 0.817. The van der Waals surface area contributed by atoms with Crippen LogP contribution in [0.1, 0.15) is 6.42 Å². The van der Waals surface area contributed by atoms with Gasteiger partial charge < -0.3 is 15.5 Å². The highest BCUT2D eigenvalue weighted by molar-refractivity contribution is 5.98. The van der Waals surface area contributed by atoms with Gasteiger partial charge in [-0.2, -0.15) is 0 Å². The van der Waals surface area contributed by atoms with Crippen molar-refractivity contribution in [1.82, 2.24) is 0 Å². The summed E-state index contributed by atoms with van der Waals surface area (Å²) >= 11 is 0. The lowest BCUT2D eigenvalue weighted by Gasteiger charge is -2.24. The Bertz CT molecular complexity index is 479. The van der Waals surface area contributed by atoms with Gasteiger partial charge in [0.1, 0.15) is 11.5 Å². The van der Waals surface area contributed by atoms with Crippen molar-refractivity contribution < 1.29 is 13.6 Å². The number of rotatable bonds is 1. The van der Waals surface area contributed by atoms with E-state index in [0.29, 0.717) is 25.2 Å². The molecule has 0 aromatic heterocycles. The largest absolute Gasteiger partial charge is 0.373 e. The van der Waals surface area contributed by atoms with Gasteiger partial charge in [-0.1, -0.05) is 0 Å². The first kappa shape index (κ1) is 12.8. The van der Waals surface area contributed by atoms with Crippen molar-refractivity contribution in [2.24, 2.45) is 5.73 Å². The zero-order valence-corrected chi connectivity index (χ0v) is 10.1. The maximum Gasteiger partial charge on any atom is 0.240 e. The first-order valence-corrected chi connectivity index (χ1v) is 5.75. The monoisotopic (exact) mass is 255 g/mol. The molecule has 0 radical (unpaired) electrons. The van der Waals surface area contributed by atoms with Crippen LogP contribution in [0.4, 0.5) is 20.2 Å². The molecule has 0 fully saturated rings. The number of nitrogens with zero attached hydrogens (tertiary/aromatic N) is 2. The molecule has 1 aliphatic heterocycles. The lowest BCUT2D eigenvalue weighted by Crippen LogP contribution is -2.37. The van der Waals surface area contributed by atoms with Crippen LogP contribution in [-0.2, 0) is 4.79 Å². The van der Waals surface area contributed by atoms with Crippen LogP contribution in [0.3, 0.4) is 0 Å². The van der Waals surface area contributed by atoms with Crippen LogP contribution >= 0.6 is 0 Å². The van der Waals surface area contributed by atoms with E-state index in [1.807, 2.05) is 0 Å². The molecule has 0 atom stereocenters. The first-order valence-electron chi connectivity index (χ1n) is 5.75. The van der Waals surface area contributed by atoms with Gasteiger partial charge in [-0.25, -0.2) is 8.78 Å². The molecule has 2 rings (SSSR count). The Kier molecular flexibility index (Phi) is 3.47. The highest BCUT2D eigenvalue weighted by Gasteiger charge is 2.26. The van der Waals surface area contributed by atoms with Crippen molar-refractivity contribution >= 4 is 17.3 Å². The predicted molar refractivity (Wildman–Crippen MR) is 65.7 cm³/mol. The van der Waals surface area contributed by atoms with Crippen molar-refractivity contribution in [1.29, 1.82) is 0 Å². The first-order chi connectivity index (χ1) is 8.54. The van der Waals surface area contributed by atoms with Gasteiger partial charge in [-0.3, -0.25) is 4.79 Å². The SMILES string of the molecule is CN1CCCN(C(=O)CN)c2c(F)cc(F)cc21. The van der Waals surface area contributed by atoms with Gasteiger partial charge in [-0.15, -0.1) is 0 Å². The predicted octanol–water partition coefficient (Wildman–Crippen LogP) is 1.10. The summed E-state index contributed by atoms with van der Waals surface area (Å²) in [5.74, 6) is -1.75. The molecule has 0 saturated carbocycles. The Morgan fingerprint density at radius 3 is 2.78 bits per heavy atom. The second kappa shape index (κ2) is 4.89. The minimum atomic E-state index is -0.736. The number of anilines is 2. The topological polar surface area (TPSA) is 49.6 Å². The maximum absolute atomic E-state index is 13.9. The standard InChI is InChI=1S/C12H15F2N3O/c1-16-3-2-4-17(11(18)7-15)12-9(14)5-8(13)6-10(12)16/h5-6H,2-4,7,15H2,1H3. The molecule has 18 heavy (non-hydrogen) atoms. The molecule has 2 N–H and O–H groups in total. The van der Waals surface area contributed by atoms with Crippen LogP contribution in [0.25, 0.3) is 0 Å². The van der Waals surface area contributed by atoms with Gasteiger partial charge in [0.05, 0.1) is 12.2 Å². The summed E-state index contributed by atoms with van der Waals surface area (Å²) in [7, 11) is 1.74. The van der Waals surface area contributed by atoms with E-state index in [9.17, 15) is 13.6 Å². The van der Waals surface area contributed by atoms with Gasteiger partial charge in [-0.05, 0) is 12.5 Å². The molecule has 0 bridgehead atoms. The summed E-state index contributed by atoms with van der Waals surface area (Å²) in [6, 6.07) is 2.02. The Morgan fingerprint density at radius 2 is 2.11 bits per heavy atom. The van der Waals surface area contributed by atoms with E-state index in [2.05, 4.69) is 0 Å². The molecule has 0 spiro atoms. The van der Waals surface area contributed by atoms with Crippen LogP contribution in [0.15, 0.2) is 12.1 Å². The molecule has 1 aliphatic rings. The Morgan fingerprint density at radius 1 is 1.39 bits per heavy atom. The van der Waals surface area contributed by atoms with Crippen molar-refractivity contribution in [2.75, 3.05) is 36.5 Å². The normalized spacial score (nSPS) is 15.3. The summed E-state index contributed by atoms with van der Waals surface area (Å²) < 4.78 is 27.2. The number of fused-ring (bicyclic) bond motifs is 1. The van der Waals surface area contributed by atoms with Crippen LogP contribution in [0.5, 0.6) is 0 Å². The summed E-state index contributed by atoms with van der Waals surface area (Å²) in [4.78, 5) is 14.8. The van der Waals surface area contributed by atoms with E-state index < -0.39 is 11.6 Å². The number of carbonyl (C=O) groups excluding carboxylic acids is 1. The van der Waals surface area contributed by atoms with E-state index in [1.165, 1.54) is 11.0 Å². The fourth-order valence-corrected chi connectivity index (χ4v) is 2.17. The number of nitrogens with two attached hydrogens (primary N) is 1. The zero-order valence-electron chi connectivity index (χ0n) is 10.1. The highest BCUT2D eigenvalue weighted by Crippen LogP contribution is 2.35. The molecule has 1 aromatic carbocycles. The number of hydrogen-bond donors (Lipinski definition) is 1. The molecule has 1 heterocycles. The van der Waals surface area contributed by atoms with Crippen LogP contribution in [0, 0.1) is 11.6 Å². The van der Waals surface area contributed by atoms with Crippen molar-refractivity contribution in [2.45, 2.75) is 6.42 Å². The Hall–Kier alpha value is -1.69. The second-order valence-electron chi connectivity index (χ2n) is 4.28. The molecule has 4 nitrogen and oxygen atoms in total. The van der Waals surface area contributed by atoms with Crippen LogP contribution < -0.4 is 15.5 Å². The van der Waals surface area contributed by atoms with Crippen LogP contribution in [-0.4, -0.2) is 32.6 Å². The lowest BCUT2D eigenvalue weighted by molar-refractivity contribution is -0.117. The molecule has 0 aliphatic carbocycles. The zero-order chi connectivity index (χ0) is 13.3.